The van der Waals surface area contributed by atoms with Crippen molar-refractivity contribution in [3.63, 3.8) is 0 Å². The second kappa shape index (κ2) is 10.2. The summed E-state index contributed by atoms with van der Waals surface area (Å²) >= 11 is 0. The Bertz CT molecular complexity index is 1080. The molecule has 2 heterocycles. The van der Waals surface area contributed by atoms with Crippen LogP contribution in [0.2, 0.25) is 0 Å². The van der Waals surface area contributed by atoms with Crippen LogP contribution in [0.4, 0.5) is 0 Å². The number of rotatable bonds is 8. The molecule has 1 amide bonds. The molecule has 0 aromatic heterocycles. The molecular weight excluding hydrogens is 424 g/mol. The summed E-state index contributed by atoms with van der Waals surface area (Å²) in [5, 5.41) is 0. The first kappa shape index (κ1) is 22.4. The van der Waals surface area contributed by atoms with E-state index in [0.29, 0.717) is 29.2 Å². The van der Waals surface area contributed by atoms with E-state index < -0.39 is 5.97 Å². The summed E-state index contributed by atoms with van der Waals surface area (Å²) in [6, 6.07) is 12.4. The number of methoxy groups -OCH3 is 1. The molecule has 0 bridgehead atoms. The lowest BCUT2D eigenvalue weighted by molar-refractivity contribution is -0.132. The van der Waals surface area contributed by atoms with Gasteiger partial charge in [0.05, 0.1) is 13.7 Å². The quantitative estimate of drug-likeness (QED) is 0.452. The van der Waals surface area contributed by atoms with E-state index in [-0.39, 0.29) is 24.1 Å². The Labute approximate surface area is 192 Å². The van der Waals surface area contributed by atoms with Crippen LogP contribution in [0, 0.1) is 0 Å². The Balaban J connectivity index is 1.47. The SMILES string of the molecule is CCOc1ccc(C2=NC(=Cc3ccc(OCC(=O)N4CCCC4)c(OC)c3)C(=O)O2)cc1. The number of cyclic esters (lactones) is 1. The van der Waals surface area contributed by atoms with Crippen LogP contribution in [-0.4, -0.2) is 56.1 Å². The monoisotopic (exact) mass is 450 g/mol. The van der Waals surface area contributed by atoms with Crippen LogP contribution in [0.3, 0.4) is 0 Å². The molecule has 4 rings (SSSR count). The zero-order chi connectivity index (χ0) is 23.2. The third kappa shape index (κ3) is 5.34. The molecule has 2 aliphatic rings. The van der Waals surface area contributed by atoms with Gasteiger partial charge in [0.2, 0.25) is 5.90 Å². The average molecular weight is 450 g/mol. The summed E-state index contributed by atoms with van der Waals surface area (Å²) in [6.45, 7) is 4.00. The molecule has 0 atom stereocenters. The van der Waals surface area contributed by atoms with Gasteiger partial charge in [-0.3, -0.25) is 4.79 Å². The standard InChI is InChI=1S/C25H26N2O6/c1-3-31-19-9-7-18(8-10-19)24-26-20(25(29)33-24)14-17-6-11-21(22(15-17)30-2)32-16-23(28)27-12-4-5-13-27/h6-11,14-15H,3-5,12-13,16H2,1-2H3. The Morgan fingerprint density at radius 3 is 2.55 bits per heavy atom. The van der Waals surface area contributed by atoms with Gasteiger partial charge in [0.1, 0.15) is 5.75 Å². The van der Waals surface area contributed by atoms with Gasteiger partial charge < -0.3 is 23.8 Å². The Hall–Kier alpha value is -3.81. The third-order valence-corrected chi connectivity index (χ3v) is 5.33. The molecule has 1 fully saturated rings. The number of nitrogens with zero attached hydrogens (tertiary/aromatic N) is 2. The topological polar surface area (TPSA) is 86.7 Å². The molecule has 8 heteroatoms. The lowest BCUT2D eigenvalue weighted by atomic mass is 10.1. The number of carbonyl (C=O) groups excluding carboxylic acids is 2. The summed E-state index contributed by atoms with van der Waals surface area (Å²) in [5.74, 6) is 1.32. The first-order valence-electron chi connectivity index (χ1n) is 10.9. The van der Waals surface area contributed by atoms with E-state index in [1.807, 2.05) is 6.92 Å². The van der Waals surface area contributed by atoms with Crippen LogP contribution in [0.1, 0.15) is 30.9 Å². The van der Waals surface area contributed by atoms with Crippen molar-refractivity contribution in [1.29, 1.82) is 0 Å². The predicted molar refractivity (Wildman–Crippen MR) is 123 cm³/mol. The number of likely N-dealkylation sites (tertiary alicyclic amines) is 1. The van der Waals surface area contributed by atoms with Gasteiger partial charge in [0.15, 0.2) is 23.8 Å². The van der Waals surface area contributed by atoms with Crippen LogP contribution in [0.5, 0.6) is 17.2 Å². The minimum atomic E-state index is -0.533. The van der Waals surface area contributed by atoms with E-state index in [0.717, 1.165) is 31.7 Å². The maximum atomic E-state index is 12.3. The summed E-state index contributed by atoms with van der Waals surface area (Å²) in [7, 11) is 1.52. The van der Waals surface area contributed by atoms with Crippen LogP contribution in [-0.2, 0) is 14.3 Å². The van der Waals surface area contributed by atoms with Gasteiger partial charge in [0, 0.05) is 18.7 Å². The molecule has 172 valence electrons. The van der Waals surface area contributed by atoms with Crippen molar-refractivity contribution >= 4 is 23.9 Å². The molecule has 2 aromatic rings. The van der Waals surface area contributed by atoms with Gasteiger partial charge in [-0.15, -0.1) is 0 Å². The highest BCUT2D eigenvalue weighted by molar-refractivity contribution is 6.12. The van der Waals surface area contributed by atoms with Crippen molar-refractivity contribution in [2.24, 2.45) is 4.99 Å². The summed E-state index contributed by atoms with van der Waals surface area (Å²) in [5.41, 5.74) is 1.55. The molecule has 8 nitrogen and oxygen atoms in total. The second-order valence-corrected chi connectivity index (χ2v) is 7.58. The molecule has 2 aliphatic heterocycles. The van der Waals surface area contributed by atoms with Crippen molar-refractivity contribution in [1.82, 2.24) is 4.90 Å². The number of carbonyl (C=O) groups is 2. The van der Waals surface area contributed by atoms with Crippen LogP contribution in [0.15, 0.2) is 53.2 Å². The molecule has 0 radical (unpaired) electrons. The minimum Gasteiger partial charge on any atom is -0.494 e. The second-order valence-electron chi connectivity index (χ2n) is 7.58. The van der Waals surface area contributed by atoms with Crippen molar-refractivity contribution in [2.75, 3.05) is 33.4 Å². The van der Waals surface area contributed by atoms with Gasteiger partial charge in [-0.2, -0.15) is 0 Å². The van der Waals surface area contributed by atoms with E-state index >= 15 is 0 Å². The first-order chi connectivity index (χ1) is 16.1. The molecule has 0 N–H and O–H groups in total. The highest BCUT2D eigenvalue weighted by atomic mass is 16.6. The lowest BCUT2D eigenvalue weighted by Gasteiger charge is -2.16. The van der Waals surface area contributed by atoms with E-state index in [1.54, 1.807) is 53.4 Å². The predicted octanol–water partition coefficient (Wildman–Crippen LogP) is 3.44. The molecule has 1 saturated heterocycles. The zero-order valence-electron chi connectivity index (χ0n) is 18.7. The number of hydrogen-bond donors (Lipinski definition) is 0. The molecule has 2 aromatic carbocycles. The maximum Gasteiger partial charge on any atom is 0.363 e. The van der Waals surface area contributed by atoms with E-state index in [1.165, 1.54) is 7.11 Å². The Morgan fingerprint density at radius 1 is 1.09 bits per heavy atom. The van der Waals surface area contributed by atoms with Crippen LogP contribution >= 0.6 is 0 Å². The summed E-state index contributed by atoms with van der Waals surface area (Å²) in [6.07, 6.45) is 3.68. The Kier molecular flexibility index (Phi) is 6.92. The average Bonchev–Trinajstić information content (AvgIpc) is 3.49. The normalized spacial score (nSPS) is 16.5. The van der Waals surface area contributed by atoms with Gasteiger partial charge in [-0.05, 0) is 67.8 Å². The highest BCUT2D eigenvalue weighted by Crippen LogP contribution is 2.30. The fraction of sp³-hybridized carbons (Fsp3) is 0.320. The van der Waals surface area contributed by atoms with Crippen LogP contribution in [0.25, 0.3) is 6.08 Å². The van der Waals surface area contributed by atoms with Gasteiger partial charge in [-0.25, -0.2) is 9.79 Å². The Morgan fingerprint density at radius 2 is 1.85 bits per heavy atom. The van der Waals surface area contributed by atoms with Gasteiger partial charge in [0.25, 0.3) is 5.91 Å². The summed E-state index contributed by atoms with van der Waals surface area (Å²) in [4.78, 5) is 30.7. The van der Waals surface area contributed by atoms with Crippen molar-refractivity contribution in [3.05, 3.63) is 59.3 Å². The molecule has 33 heavy (non-hydrogen) atoms. The number of amides is 1. The minimum absolute atomic E-state index is 0.0365. The van der Waals surface area contributed by atoms with Crippen LogP contribution < -0.4 is 14.2 Å². The van der Waals surface area contributed by atoms with E-state index in [2.05, 4.69) is 4.99 Å². The zero-order valence-corrected chi connectivity index (χ0v) is 18.7. The third-order valence-electron chi connectivity index (χ3n) is 5.33. The summed E-state index contributed by atoms with van der Waals surface area (Å²) < 4.78 is 21.9. The number of ether oxygens (including phenoxy) is 4. The van der Waals surface area contributed by atoms with E-state index in [9.17, 15) is 9.59 Å². The molecule has 0 spiro atoms. The van der Waals surface area contributed by atoms with Crippen molar-refractivity contribution in [2.45, 2.75) is 19.8 Å². The number of hydrogen-bond acceptors (Lipinski definition) is 7. The maximum absolute atomic E-state index is 12.3. The van der Waals surface area contributed by atoms with Crippen molar-refractivity contribution in [3.8, 4) is 17.2 Å². The fourth-order valence-corrected chi connectivity index (χ4v) is 3.64. The van der Waals surface area contributed by atoms with E-state index in [4.69, 9.17) is 18.9 Å². The smallest absolute Gasteiger partial charge is 0.363 e. The number of aliphatic imine (C=N–C) groups is 1. The van der Waals surface area contributed by atoms with Gasteiger partial charge >= 0.3 is 5.97 Å². The highest BCUT2D eigenvalue weighted by Gasteiger charge is 2.24. The van der Waals surface area contributed by atoms with Gasteiger partial charge in [-0.1, -0.05) is 6.07 Å². The number of benzene rings is 2. The molecule has 0 saturated carbocycles. The first-order valence-corrected chi connectivity index (χ1v) is 10.9. The number of esters is 1. The lowest BCUT2D eigenvalue weighted by Crippen LogP contribution is -2.32. The fourth-order valence-electron chi connectivity index (χ4n) is 3.64. The molecular formula is C25H26N2O6. The molecule has 0 unspecified atom stereocenters. The largest absolute Gasteiger partial charge is 0.494 e. The van der Waals surface area contributed by atoms with Crippen molar-refractivity contribution < 1.29 is 28.5 Å². The molecule has 0 aliphatic carbocycles.